The van der Waals surface area contributed by atoms with E-state index in [9.17, 15) is 31.9 Å². The van der Waals surface area contributed by atoms with Crippen molar-refractivity contribution < 1.29 is 40.6 Å². The van der Waals surface area contributed by atoms with Crippen molar-refractivity contribution in [2.24, 2.45) is 5.73 Å². The van der Waals surface area contributed by atoms with Gasteiger partial charge >= 0.3 is 12.1 Å². The zero-order valence-corrected chi connectivity index (χ0v) is 27.7. The number of hydrogen-bond acceptors (Lipinski definition) is 9. The van der Waals surface area contributed by atoms with Gasteiger partial charge in [-0.15, -0.1) is 5.10 Å². The SMILES string of the molecule is NC(CC(F)(F)F)C(=O)Nc1ccc(N2CCN(c3ccc(-c4ccc(C(F)(F)C(O)(Cn5cnnn5)c5ccc(F)cc5F)nc4)cc3)CC2)cc1. The molecule has 0 aliphatic carbocycles. The number of halogens is 7. The predicted octanol–water partition coefficient (Wildman–Crippen LogP) is 5.24. The Bertz CT molecular complexity index is 2010. The van der Waals surface area contributed by atoms with Crippen LogP contribution in [-0.2, 0) is 22.9 Å². The monoisotopic (exact) mass is 743 g/mol. The maximum atomic E-state index is 16.1. The molecule has 5 aromatic rings. The molecule has 1 saturated heterocycles. The van der Waals surface area contributed by atoms with Crippen molar-refractivity contribution in [3.05, 3.63) is 114 Å². The minimum Gasteiger partial charge on any atom is -0.377 e. The number of amides is 1. The molecule has 1 fully saturated rings. The number of piperazine rings is 1. The zero-order valence-electron chi connectivity index (χ0n) is 27.7. The Morgan fingerprint density at radius 1 is 0.849 bits per heavy atom. The molecule has 2 unspecified atom stereocenters. The summed E-state index contributed by atoms with van der Waals surface area (Å²) < 4.78 is 99.1. The van der Waals surface area contributed by atoms with Crippen molar-refractivity contribution in [1.29, 1.82) is 0 Å². The molecule has 3 heterocycles. The third-order valence-electron chi connectivity index (χ3n) is 8.90. The molecule has 4 N–H and O–H groups in total. The Labute approximate surface area is 297 Å². The van der Waals surface area contributed by atoms with Crippen LogP contribution >= 0.6 is 0 Å². The van der Waals surface area contributed by atoms with Crippen molar-refractivity contribution in [3.8, 4) is 11.1 Å². The van der Waals surface area contributed by atoms with Gasteiger partial charge in [-0.1, -0.05) is 18.2 Å². The maximum Gasteiger partial charge on any atom is 0.391 e. The molecule has 6 rings (SSSR count). The Kier molecular flexibility index (Phi) is 10.4. The first-order chi connectivity index (χ1) is 25.1. The lowest BCUT2D eigenvalue weighted by atomic mass is 9.84. The summed E-state index contributed by atoms with van der Waals surface area (Å²) in [6.07, 6.45) is -3.78. The van der Waals surface area contributed by atoms with Crippen molar-refractivity contribution in [2.75, 3.05) is 41.3 Å². The summed E-state index contributed by atoms with van der Waals surface area (Å²) in [5.74, 6) is -7.50. The van der Waals surface area contributed by atoms with Crippen LogP contribution in [0.5, 0.6) is 0 Å². The average Bonchev–Trinajstić information content (AvgIpc) is 3.64. The smallest absolute Gasteiger partial charge is 0.377 e. The standard InChI is InChI=1S/C35H32F7N9O2/c36-24-4-11-28(29(37)17-24)33(53,20-51-21-45-47-48-51)35(41,42)31-12-3-23(19-44-31)22-1-7-26(8-2-22)49-13-15-50(16-14-49)27-9-5-25(6-10-27)46-32(52)30(43)18-34(38,39)40/h1-12,17,19,21,30,53H,13-16,18,20,43H2,(H,46,52). The molecular weight excluding hydrogens is 711 g/mol. The zero-order chi connectivity index (χ0) is 38.0. The molecule has 3 aromatic carbocycles. The van der Waals surface area contributed by atoms with Gasteiger partial charge in [0, 0.05) is 66.6 Å². The number of pyridine rings is 1. The summed E-state index contributed by atoms with van der Waals surface area (Å²) >= 11 is 0. The van der Waals surface area contributed by atoms with Crippen LogP contribution in [0.15, 0.2) is 91.4 Å². The van der Waals surface area contributed by atoms with Crippen LogP contribution < -0.4 is 20.9 Å². The van der Waals surface area contributed by atoms with E-state index < -0.39 is 65.5 Å². The van der Waals surface area contributed by atoms with Gasteiger partial charge in [0.05, 0.1) is 19.0 Å². The lowest BCUT2D eigenvalue weighted by Crippen LogP contribution is -2.48. The van der Waals surface area contributed by atoms with Crippen LogP contribution in [0.3, 0.4) is 0 Å². The third kappa shape index (κ3) is 8.23. The van der Waals surface area contributed by atoms with Crippen molar-refractivity contribution >= 4 is 23.0 Å². The Morgan fingerprint density at radius 3 is 1.98 bits per heavy atom. The first-order valence-corrected chi connectivity index (χ1v) is 16.2. The molecule has 0 radical (unpaired) electrons. The number of nitrogens with one attached hydrogen (secondary N) is 1. The van der Waals surface area contributed by atoms with Gasteiger partial charge in [0.1, 0.15) is 23.7 Å². The van der Waals surface area contributed by atoms with Gasteiger partial charge in [-0.3, -0.25) is 9.78 Å². The third-order valence-corrected chi connectivity index (χ3v) is 8.90. The molecule has 278 valence electrons. The predicted molar refractivity (Wildman–Crippen MR) is 180 cm³/mol. The quantitative estimate of drug-likeness (QED) is 0.155. The molecule has 53 heavy (non-hydrogen) atoms. The second-order valence-corrected chi connectivity index (χ2v) is 12.5. The number of alkyl halides is 5. The molecule has 2 aromatic heterocycles. The lowest BCUT2D eigenvalue weighted by molar-refractivity contribution is -0.207. The summed E-state index contributed by atoms with van der Waals surface area (Å²) in [4.78, 5) is 20.2. The van der Waals surface area contributed by atoms with E-state index >= 15 is 8.78 Å². The number of carbonyl (C=O) groups is 1. The van der Waals surface area contributed by atoms with Crippen LogP contribution in [0.1, 0.15) is 17.7 Å². The minimum atomic E-state index is -4.55. The molecule has 0 spiro atoms. The first kappa shape index (κ1) is 37.1. The van der Waals surface area contributed by atoms with E-state index in [1.807, 2.05) is 24.3 Å². The van der Waals surface area contributed by atoms with Gasteiger partial charge < -0.3 is 26.0 Å². The first-order valence-electron chi connectivity index (χ1n) is 16.2. The summed E-state index contributed by atoms with van der Waals surface area (Å²) in [5.41, 5.74) is 3.69. The Balaban J connectivity index is 1.09. The highest BCUT2D eigenvalue weighted by atomic mass is 19.4. The van der Waals surface area contributed by atoms with E-state index in [1.165, 1.54) is 12.3 Å². The van der Waals surface area contributed by atoms with Crippen LogP contribution in [0.4, 0.5) is 47.8 Å². The van der Waals surface area contributed by atoms with Crippen LogP contribution in [0, 0.1) is 11.6 Å². The summed E-state index contributed by atoms with van der Waals surface area (Å²) in [6, 6.07) is 16.7. The number of aliphatic hydroxyl groups is 1. The molecule has 1 aliphatic rings. The molecule has 18 heteroatoms. The lowest BCUT2D eigenvalue weighted by Gasteiger charge is -2.37. The van der Waals surface area contributed by atoms with Crippen molar-refractivity contribution in [1.82, 2.24) is 25.2 Å². The summed E-state index contributed by atoms with van der Waals surface area (Å²) in [7, 11) is 0. The second kappa shape index (κ2) is 14.8. The van der Waals surface area contributed by atoms with E-state index in [0.717, 1.165) is 40.6 Å². The van der Waals surface area contributed by atoms with Crippen LogP contribution in [-0.4, -0.2) is 74.6 Å². The number of carbonyl (C=O) groups excluding carboxylic acids is 1. The number of hydrogen-bond donors (Lipinski definition) is 3. The number of rotatable bonds is 11. The van der Waals surface area contributed by atoms with E-state index in [-0.39, 0.29) is 0 Å². The minimum absolute atomic E-state index is 0.330. The van der Waals surface area contributed by atoms with Gasteiger partial charge in [-0.25, -0.2) is 13.5 Å². The fraction of sp³-hybridized carbons (Fsp3) is 0.286. The molecule has 1 aliphatic heterocycles. The number of tetrazole rings is 1. The Hall–Kier alpha value is -5.62. The summed E-state index contributed by atoms with van der Waals surface area (Å²) in [5, 5.41) is 24.1. The van der Waals surface area contributed by atoms with Gasteiger partial charge in [-0.2, -0.15) is 22.0 Å². The molecule has 11 nitrogen and oxygen atoms in total. The second-order valence-electron chi connectivity index (χ2n) is 12.5. The Morgan fingerprint density at radius 2 is 1.45 bits per heavy atom. The van der Waals surface area contributed by atoms with Gasteiger partial charge in [0.25, 0.3) is 0 Å². The van der Waals surface area contributed by atoms with Crippen LogP contribution in [0.2, 0.25) is 0 Å². The fourth-order valence-corrected chi connectivity index (χ4v) is 6.05. The number of nitrogens with zero attached hydrogens (tertiary/aromatic N) is 7. The summed E-state index contributed by atoms with van der Waals surface area (Å²) in [6.45, 7) is 1.68. The maximum absolute atomic E-state index is 16.1. The van der Waals surface area contributed by atoms with Gasteiger partial charge in [0.2, 0.25) is 5.91 Å². The van der Waals surface area contributed by atoms with Crippen molar-refractivity contribution in [3.63, 3.8) is 0 Å². The molecule has 2 atom stereocenters. The van der Waals surface area contributed by atoms with Crippen molar-refractivity contribution in [2.45, 2.75) is 36.7 Å². The highest BCUT2D eigenvalue weighted by Gasteiger charge is 2.58. The fourth-order valence-electron chi connectivity index (χ4n) is 6.05. The highest BCUT2D eigenvalue weighted by molar-refractivity contribution is 5.94. The van der Waals surface area contributed by atoms with E-state index in [4.69, 9.17) is 5.73 Å². The number of nitrogens with two attached hydrogens (primary N) is 1. The van der Waals surface area contributed by atoms with E-state index in [0.29, 0.717) is 49.1 Å². The topological polar surface area (TPSA) is 138 Å². The van der Waals surface area contributed by atoms with E-state index in [2.05, 4.69) is 35.6 Å². The van der Waals surface area contributed by atoms with E-state index in [1.54, 1.807) is 24.3 Å². The molecular formula is C35H32F7N9O2. The number of aromatic nitrogens is 5. The average molecular weight is 744 g/mol. The molecule has 1 amide bonds. The molecule has 0 bridgehead atoms. The van der Waals surface area contributed by atoms with Crippen LogP contribution in [0.25, 0.3) is 11.1 Å². The largest absolute Gasteiger partial charge is 0.391 e. The molecule has 0 saturated carbocycles. The van der Waals surface area contributed by atoms with Gasteiger partial charge in [0.15, 0.2) is 5.60 Å². The highest BCUT2D eigenvalue weighted by Crippen LogP contribution is 2.47. The number of benzene rings is 3. The van der Waals surface area contributed by atoms with Gasteiger partial charge in [-0.05, 0) is 70.6 Å². The normalized spacial score (nSPS) is 15.6. The number of anilines is 3.